The lowest BCUT2D eigenvalue weighted by atomic mass is 10.2. The van der Waals surface area contributed by atoms with Crippen molar-refractivity contribution in [2.24, 2.45) is 0 Å². The quantitative estimate of drug-likeness (QED) is 0.529. The van der Waals surface area contributed by atoms with Crippen molar-refractivity contribution in [2.75, 3.05) is 19.3 Å². The van der Waals surface area contributed by atoms with Gasteiger partial charge in [-0.1, -0.05) is 15.9 Å². The molecule has 1 rings (SSSR count). The topological polar surface area (TPSA) is 75.3 Å². The van der Waals surface area contributed by atoms with E-state index in [0.717, 1.165) is 14.3 Å². The lowest BCUT2D eigenvalue weighted by Crippen LogP contribution is -2.34. The van der Waals surface area contributed by atoms with Crippen LogP contribution >= 0.6 is 38.5 Å². The highest BCUT2D eigenvalue weighted by atomic mass is 127. The standard InChI is InChI=1S/C10H12BrIN2O3S/c1-18(16,17)14-5-4-13-10(15)8-6-7(11)2-3-9(8)12/h2-3,6,14H,4-5H2,1H3,(H,13,15). The predicted octanol–water partition coefficient (Wildman–Crippen LogP) is 1.33. The fraction of sp³-hybridized carbons (Fsp3) is 0.300. The van der Waals surface area contributed by atoms with Crippen LogP contribution < -0.4 is 10.0 Å². The van der Waals surface area contributed by atoms with Crippen LogP contribution in [0.4, 0.5) is 0 Å². The fourth-order valence-corrected chi connectivity index (χ4v) is 2.59. The van der Waals surface area contributed by atoms with E-state index in [9.17, 15) is 13.2 Å². The van der Waals surface area contributed by atoms with Crippen molar-refractivity contribution in [1.29, 1.82) is 0 Å². The molecule has 0 fully saturated rings. The van der Waals surface area contributed by atoms with Gasteiger partial charge in [-0.05, 0) is 40.8 Å². The van der Waals surface area contributed by atoms with E-state index >= 15 is 0 Å². The van der Waals surface area contributed by atoms with Crippen LogP contribution in [0.2, 0.25) is 0 Å². The Morgan fingerprint density at radius 3 is 2.67 bits per heavy atom. The highest BCUT2D eigenvalue weighted by Gasteiger charge is 2.10. The zero-order chi connectivity index (χ0) is 13.8. The fourth-order valence-electron chi connectivity index (χ4n) is 1.18. The molecule has 5 nitrogen and oxygen atoms in total. The first kappa shape index (κ1) is 15.9. The van der Waals surface area contributed by atoms with Crippen LogP contribution in [0, 0.1) is 3.57 Å². The average Bonchev–Trinajstić information content (AvgIpc) is 2.26. The van der Waals surface area contributed by atoms with Gasteiger partial charge in [-0.3, -0.25) is 4.79 Å². The van der Waals surface area contributed by atoms with Gasteiger partial charge in [0, 0.05) is 21.1 Å². The Labute approximate surface area is 128 Å². The number of rotatable bonds is 5. The second-order valence-corrected chi connectivity index (χ2v) is 7.46. The average molecular weight is 447 g/mol. The number of benzene rings is 1. The van der Waals surface area contributed by atoms with E-state index in [1.165, 1.54) is 0 Å². The number of carbonyl (C=O) groups excluding carboxylic acids is 1. The van der Waals surface area contributed by atoms with E-state index in [4.69, 9.17) is 0 Å². The number of hydrogen-bond acceptors (Lipinski definition) is 3. The van der Waals surface area contributed by atoms with Gasteiger partial charge in [0.15, 0.2) is 0 Å². The van der Waals surface area contributed by atoms with Gasteiger partial charge in [-0.2, -0.15) is 0 Å². The molecule has 0 aromatic heterocycles. The summed E-state index contributed by atoms with van der Waals surface area (Å²) in [4.78, 5) is 11.8. The molecular weight excluding hydrogens is 435 g/mol. The number of amides is 1. The first-order chi connectivity index (χ1) is 8.29. The molecule has 0 unspecified atom stereocenters. The summed E-state index contributed by atoms with van der Waals surface area (Å²) < 4.78 is 25.6. The normalized spacial score (nSPS) is 11.3. The second-order valence-electron chi connectivity index (χ2n) is 3.55. The Morgan fingerprint density at radius 2 is 2.06 bits per heavy atom. The number of carbonyl (C=O) groups is 1. The van der Waals surface area contributed by atoms with E-state index in [1.54, 1.807) is 6.07 Å². The van der Waals surface area contributed by atoms with Gasteiger partial charge in [0.25, 0.3) is 5.91 Å². The monoisotopic (exact) mass is 446 g/mol. The summed E-state index contributed by atoms with van der Waals surface area (Å²) in [5.41, 5.74) is 0.560. The van der Waals surface area contributed by atoms with Crippen molar-refractivity contribution < 1.29 is 13.2 Å². The molecule has 1 amide bonds. The Hall–Kier alpha value is -0.190. The van der Waals surface area contributed by atoms with Crippen LogP contribution in [0.1, 0.15) is 10.4 Å². The molecule has 0 saturated carbocycles. The Bertz CT molecular complexity index is 548. The minimum absolute atomic E-state index is 0.176. The molecule has 1 aromatic carbocycles. The Balaban J connectivity index is 2.53. The minimum Gasteiger partial charge on any atom is -0.351 e. The molecule has 0 heterocycles. The van der Waals surface area contributed by atoms with Crippen LogP contribution in [-0.4, -0.2) is 33.7 Å². The second kappa shape index (κ2) is 6.83. The maximum Gasteiger partial charge on any atom is 0.252 e. The van der Waals surface area contributed by atoms with Gasteiger partial charge < -0.3 is 5.32 Å². The third kappa shape index (κ3) is 5.63. The summed E-state index contributed by atoms with van der Waals surface area (Å²) >= 11 is 5.37. The zero-order valence-corrected chi connectivity index (χ0v) is 14.1. The summed E-state index contributed by atoms with van der Waals surface area (Å²) in [5, 5.41) is 2.65. The van der Waals surface area contributed by atoms with Crippen LogP contribution in [0.15, 0.2) is 22.7 Å². The lowest BCUT2D eigenvalue weighted by molar-refractivity contribution is 0.0953. The van der Waals surface area contributed by atoms with Crippen molar-refractivity contribution in [2.45, 2.75) is 0 Å². The zero-order valence-electron chi connectivity index (χ0n) is 9.54. The van der Waals surface area contributed by atoms with Gasteiger partial charge in [0.2, 0.25) is 10.0 Å². The smallest absolute Gasteiger partial charge is 0.252 e. The van der Waals surface area contributed by atoms with Crippen molar-refractivity contribution in [3.8, 4) is 0 Å². The number of hydrogen-bond donors (Lipinski definition) is 2. The van der Waals surface area contributed by atoms with E-state index in [2.05, 4.69) is 48.6 Å². The van der Waals surface area contributed by atoms with Crippen LogP contribution in [0.5, 0.6) is 0 Å². The summed E-state index contributed by atoms with van der Waals surface area (Å²) in [6, 6.07) is 5.40. The Kier molecular flexibility index (Phi) is 6.02. The number of sulfonamides is 1. The summed E-state index contributed by atoms with van der Waals surface area (Å²) in [5.74, 6) is -0.226. The Morgan fingerprint density at radius 1 is 1.39 bits per heavy atom. The van der Waals surface area contributed by atoms with Gasteiger partial charge in [-0.15, -0.1) is 0 Å². The summed E-state index contributed by atoms with van der Waals surface area (Å²) in [6.07, 6.45) is 1.08. The molecule has 100 valence electrons. The van der Waals surface area contributed by atoms with Crippen molar-refractivity contribution >= 4 is 54.5 Å². The van der Waals surface area contributed by atoms with Gasteiger partial charge in [0.05, 0.1) is 11.8 Å². The third-order valence-corrected chi connectivity index (χ3v) is 4.11. The molecule has 2 N–H and O–H groups in total. The molecule has 0 radical (unpaired) electrons. The van der Waals surface area contributed by atoms with E-state index in [1.807, 2.05) is 12.1 Å². The molecule has 0 aliphatic heterocycles. The highest BCUT2D eigenvalue weighted by molar-refractivity contribution is 14.1. The highest BCUT2D eigenvalue weighted by Crippen LogP contribution is 2.18. The first-order valence-electron chi connectivity index (χ1n) is 4.97. The summed E-state index contributed by atoms with van der Waals surface area (Å²) in [7, 11) is -3.21. The molecule has 0 aliphatic rings. The third-order valence-electron chi connectivity index (χ3n) is 1.95. The SMILES string of the molecule is CS(=O)(=O)NCCNC(=O)c1cc(Br)ccc1I. The molecule has 0 aliphatic carbocycles. The van der Waals surface area contributed by atoms with Crippen LogP contribution in [0.25, 0.3) is 0 Å². The molecule has 0 bridgehead atoms. The van der Waals surface area contributed by atoms with Crippen LogP contribution in [-0.2, 0) is 10.0 Å². The maximum atomic E-state index is 11.8. The van der Waals surface area contributed by atoms with Crippen molar-refractivity contribution in [3.63, 3.8) is 0 Å². The molecule has 0 spiro atoms. The molecule has 0 saturated heterocycles. The predicted molar refractivity (Wildman–Crippen MR) is 82.0 cm³/mol. The van der Waals surface area contributed by atoms with Gasteiger partial charge >= 0.3 is 0 Å². The van der Waals surface area contributed by atoms with Gasteiger partial charge in [0.1, 0.15) is 0 Å². The van der Waals surface area contributed by atoms with Crippen LogP contribution in [0.3, 0.4) is 0 Å². The minimum atomic E-state index is -3.21. The molecule has 1 aromatic rings. The lowest BCUT2D eigenvalue weighted by Gasteiger charge is -2.07. The first-order valence-corrected chi connectivity index (χ1v) is 8.74. The largest absolute Gasteiger partial charge is 0.351 e. The van der Waals surface area contributed by atoms with Gasteiger partial charge in [-0.25, -0.2) is 13.1 Å². The molecular formula is C10H12BrIN2O3S. The molecule has 18 heavy (non-hydrogen) atoms. The van der Waals surface area contributed by atoms with Crippen molar-refractivity contribution in [1.82, 2.24) is 10.0 Å². The number of halogens is 2. The molecule has 8 heteroatoms. The van der Waals surface area contributed by atoms with Crippen molar-refractivity contribution in [3.05, 3.63) is 31.8 Å². The summed E-state index contributed by atoms with van der Waals surface area (Å²) in [6.45, 7) is 0.420. The van der Waals surface area contributed by atoms with E-state index < -0.39 is 10.0 Å². The van der Waals surface area contributed by atoms with E-state index in [0.29, 0.717) is 5.56 Å². The maximum absolute atomic E-state index is 11.8. The van der Waals surface area contributed by atoms with E-state index in [-0.39, 0.29) is 19.0 Å². The number of nitrogens with one attached hydrogen (secondary N) is 2. The molecule has 0 atom stereocenters.